The van der Waals surface area contributed by atoms with Crippen molar-refractivity contribution in [2.75, 3.05) is 0 Å². The zero-order valence-electron chi connectivity index (χ0n) is 12.1. The van der Waals surface area contributed by atoms with Gasteiger partial charge in [-0.2, -0.15) is 5.06 Å². The molecule has 106 valence electrons. The maximum atomic E-state index is 11.9. The second kappa shape index (κ2) is 4.90. The largest absolute Gasteiger partial charge is 0.461 e. The third-order valence-electron chi connectivity index (χ3n) is 3.36. The number of rotatable bonds is 2. The molecule has 1 N–H and O–H groups in total. The first-order valence-electron chi connectivity index (χ1n) is 6.25. The lowest BCUT2D eigenvalue weighted by Crippen LogP contribution is -2.61. The van der Waals surface area contributed by atoms with Gasteiger partial charge in [-0.05, 0) is 41.5 Å². The van der Waals surface area contributed by atoms with Crippen LogP contribution in [0, 0.1) is 0 Å². The van der Waals surface area contributed by atoms with Gasteiger partial charge in [0.05, 0.1) is 0 Å². The van der Waals surface area contributed by atoms with Crippen LogP contribution in [-0.4, -0.2) is 36.8 Å². The van der Waals surface area contributed by atoms with Crippen LogP contribution in [0.25, 0.3) is 0 Å². The van der Waals surface area contributed by atoms with Crippen LogP contribution in [0.15, 0.2) is 0 Å². The van der Waals surface area contributed by atoms with Gasteiger partial charge in [0.2, 0.25) is 0 Å². The maximum absolute atomic E-state index is 11.9. The number of esters is 1. The summed E-state index contributed by atoms with van der Waals surface area (Å²) in [7, 11) is 0. The molecule has 1 saturated heterocycles. The summed E-state index contributed by atoms with van der Waals surface area (Å²) >= 11 is 2.09. The Morgan fingerprint density at radius 2 is 1.67 bits per heavy atom. The van der Waals surface area contributed by atoms with Crippen molar-refractivity contribution in [3.63, 3.8) is 0 Å². The predicted molar refractivity (Wildman–Crippen MR) is 79.0 cm³/mol. The van der Waals surface area contributed by atoms with E-state index in [1.54, 1.807) is 0 Å². The molecular weight excluding hydrogens is 345 g/mol. The van der Waals surface area contributed by atoms with Crippen molar-refractivity contribution < 1.29 is 14.7 Å². The minimum Gasteiger partial charge on any atom is -0.461 e. The van der Waals surface area contributed by atoms with Gasteiger partial charge in [0.25, 0.3) is 0 Å². The Kier molecular flexibility index (Phi) is 4.41. The minimum absolute atomic E-state index is 0.139. The molecule has 0 aromatic heterocycles. The van der Waals surface area contributed by atoms with Crippen LogP contribution in [0.3, 0.4) is 0 Å². The highest BCUT2D eigenvalue weighted by molar-refractivity contribution is 14.1. The molecular formula is C13H24INO3. The fourth-order valence-electron chi connectivity index (χ4n) is 2.55. The number of ether oxygens (including phenoxy) is 1. The van der Waals surface area contributed by atoms with E-state index in [-0.39, 0.29) is 23.2 Å². The Labute approximate surface area is 123 Å². The molecule has 0 aliphatic carbocycles. The Balaban J connectivity index is 2.79. The molecule has 0 radical (unpaired) electrons. The van der Waals surface area contributed by atoms with Gasteiger partial charge in [0.1, 0.15) is 9.53 Å². The van der Waals surface area contributed by atoms with Gasteiger partial charge in [-0.1, -0.05) is 22.6 Å². The molecule has 1 aliphatic rings. The first kappa shape index (κ1) is 16.2. The number of hydrogen-bond acceptors (Lipinski definition) is 4. The summed E-state index contributed by atoms with van der Waals surface area (Å²) in [6, 6.07) is 0. The summed E-state index contributed by atoms with van der Waals surface area (Å²) in [4.78, 5) is 11.9. The molecule has 4 nitrogen and oxygen atoms in total. The smallest absolute Gasteiger partial charge is 0.321 e. The Bertz CT molecular complexity index is 316. The van der Waals surface area contributed by atoms with Gasteiger partial charge in [-0.15, -0.1) is 0 Å². The number of alkyl halides is 1. The lowest BCUT2D eigenvalue weighted by Gasteiger charge is -2.51. The molecule has 0 saturated carbocycles. The molecule has 0 spiro atoms. The highest BCUT2D eigenvalue weighted by atomic mass is 127. The molecule has 0 aromatic rings. The number of hydrogen-bond donors (Lipinski definition) is 1. The van der Waals surface area contributed by atoms with Crippen molar-refractivity contribution in [3.05, 3.63) is 0 Å². The second-order valence-corrected chi connectivity index (χ2v) is 9.54. The van der Waals surface area contributed by atoms with E-state index in [4.69, 9.17) is 4.74 Å². The van der Waals surface area contributed by atoms with Crippen molar-refractivity contribution in [2.45, 2.75) is 75.0 Å². The average Bonchev–Trinajstić information content (AvgIpc) is 2.11. The molecule has 1 rings (SSSR count). The molecule has 1 heterocycles. The zero-order valence-corrected chi connectivity index (χ0v) is 14.2. The van der Waals surface area contributed by atoms with Crippen LogP contribution < -0.4 is 0 Å². The highest BCUT2D eigenvalue weighted by Crippen LogP contribution is 2.38. The molecule has 1 fully saturated rings. The molecule has 18 heavy (non-hydrogen) atoms. The maximum Gasteiger partial charge on any atom is 0.321 e. The standard InChI is InChI=1S/C13H24INO3/c1-11(2)7-9(8-12(3,4)15(11)17)18-10(16)13(5,6)14/h9,17H,7-8H2,1-6H3. The van der Waals surface area contributed by atoms with E-state index in [0.29, 0.717) is 12.8 Å². The topological polar surface area (TPSA) is 49.8 Å². The fourth-order valence-corrected chi connectivity index (χ4v) is 2.68. The molecule has 0 unspecified atom stereocenters. The SMILES string of the molecule is CC(C)(I)C(=O)OC1CC(C)(C)N(O)C(C)(C)C1. The molecule has 0 aromatic carbocycles. The summed E-state index contributed by atoms with van der Waals surface area (Å²) < 4.78 is 5.08. The van der Waals surface area contributed by atoms with Crippen LogP contribution in [-0.2, 0) is 9.53 Å². The van der Waals surface area contributed by atoms with Crippen molar-refractivity contribution in [1.29, 1.82) is 0 Å². The Hall–Kier alpha value is 0.120. The van der Waals surface area contributed by atoms with Crippen molar-refractivity contribution in [3.8, 4) is 0 Å². The quantitative estimate of drug-likeness (QED) is 0.462. The number of nitrogens with zero attached hydrogens (tertiary/aromatic N) is 1. The average molecular weight is 369 g/mol. The van der Waals surface area contributed by atoms with E-state index < -0.39 is 3.42 Å². The van der Waals surface area contributed by atoms with Crippen molar-refractivity contribution in [1.82, 2.24) is 5.06 Å². The minimum atomic E-state index is -0.512. The molecule has 0 amide bonds. The molecule has 5 heteroatoms. The van der Waals surface area contributed by atoms with Gasteiger partial charge >= 0.3 is 5.97 Å². The van der Waals surface area contributed by atoms with Crippen LogP contribution in [0.4, 0.5) is 0 Å². The van der Waals surface area contributed by atoms with E-state index in [2.05, 4.69) is 22.6 Å². The van der Waals surface area contributed by atoms with E-state index in [1.165, 1.54) is 5.06 Å². The molecule has 0 bridgehead atoms. The first-order chi connectivity index (χ1) is 7.86. The third kappa shape index (κ3) is 3.57. The number of halogens is 1. The van der Waals surface area contributed by atoms with E-state index in [0.717, 1.165) is 0 Å². The van der Waals surface area contributed by atoms with Gasteiger partial charge in [0.15, 0.2) is 0 Å². The lowest BCUT2D eigenvalue weighted by atomic mass is 9.80. The van der Waals surface area contributed by atoms with Crippen LogP contribution in [0.2, 0.25) is 0 Å². The fraction of sp³-hybridized carbons (Fsp3) is 0.923. The monoisotopic (exact) mass is 369 g/mol. The summed E-state index contributed by atoms with van der Waals surface area (Å²) in [6.45, 7) is 11.5. The van der Waals surface area contributed by atoms with E-state index >= 15 is 0 Å². The lowest BCUT2D eigenvalue weighted by molar-refractivity contribution is -0.259. The predicted octanol–water partition coefficient (Wildman–Crippen LogP) is 3.15. The van der Waals surface area contributed by atoms with E-state index in [1.807, 2.05) is 41.5 Å². The van der Waals surface area contributed by atoms with Crippen molar-refractivity contribution >= 4 is 28.6 Å². The summed E-state index contributed by atoms with van der Waals surface area (Å²) in [5.41, 5.74) is -0.774. The van der Waals surface area contributed by atoms with Crippen LogP contribution in [0.5, 0.6) is 0 Å². The molecule has 0 atom stereocenters. The van der Waals surface area contributed by atoms with Crippen molar-refractivity contribution in [2.24, 2.45) is 0 Å². The Morgan fingerprint density at radius 3 is 2.00 bits per heavy atom. The van der Waals surface area contributed by atoms with Gasteiger partial charge in [-0.25, -0.2) is 0 Å². The molecule has 1 aliphatic heterocycles. The van der Waals surface area contributed by atoms with Gasteiger partial charge in [0, 0.05) is 23.9 Å². The zero-order chi connectivity index (χ0) is 14.4. The number of carbonyl (C=O) groups excluding carboxylic acids is 1. The van der Waals surface area contributed by atoms with E-state index in [9.17, 15) is 10.0 Å². The second-order valence-electron chi connectivity index (χ2n) is 6.84. The summed E-state index contributed by atoms with van der Waals surface area (Å²) in [5, 5.41) is 11.6. The van der Waals surface area contributed by atoms with Gasteiger partial charge in [-0.3, -0.25) is 4.79 Å². The highest BCUT2D eigenvalue weighted by Gasteiger charge is 2.46. The summed E-state index contributed by atoms with van der Waals surface area (Å²) in [6.07, 6.45) is 1.15. The van der Waals surface area contributed by atoms with Crippen LogP contribution in [0.1, 0.15) is 54.4 Å². The number of piperidine rings is 1. The Morgan fingerprint density at radius 1 is 1.28 bits per heavy atom. The first-order valence-corrected chi connectivity index (χ1v) is 7.33. The number of carbonyl (C=O) groups is 1. The number of hydroxylamine groups is 2. The summed E-state index contributed by atoms with van der Waals surface area (Å²) in [5.74, 6) is -0.189. The van der Waals surface area contributed by atoms with Crippen LogP contribution >= 0.6 is 22.6 Å². The third-order valence-corrected chi connectivity index (χ3v) is 3.80. The normalized spacial score (nSPS) is 24.9. The van der Waals surface area contributed by atoms with Gasteiger partial charge < -0.3 is 9.94 Å².